The van der Waals surface area contributed by atoms with E-state index in [2.05, 4.69) is 52.4 Å². The maximum absolute atomic E-state index is 11.3. The predicted octanol–water partition coefficient (Wildman–Crippen LogP) is 5.54. The van der Waals surface area contributed by atoms with Crippen molar-refractivity contribution >= 4 is 31.2 Å². The molecule has 0 N–H and O–H groups in total. The summed E-state index contributed by atoms with van der Waals surface area (Å²) >= 11 is 0. The topological polar surface area (TPSA) is 44.8 Å². The summed E-state index contributed by atoms with van der Waals surface area (Å²) in [7, 11) is -5.44. The van der Waals surface area contributed by atoms with Crippen LogP contribution in [0.4, 0.5) is 0 Å². The molecule has 0 aromatic carbocycles. The van der Waals surface area contributed by atoms with Crippen molar-refractivity contribution in [2.24, 2.45) is 0 Å². The van der Waals surface area contributed by atoms with Crippen molar-refractivity contribution in [2.75, 3.05) is 6.61 Å². The first-order valence-corrected chi connectivity index (χ1v) is 16.8. The second-order valence-electron chi connectivity index (χ2n) is 7.50. The highest BCUT2D eigenvalue weighted by molar-refractivity contribution is 6.87. The number of carbonyl (C=O) groups excluding carboxylic acids is 1. The Hall–Kier alpha value is -0.219. The van der Waals surface area contributed by atoms with Crippen LogP contribution < -0.4 is 0 Å². The van der Waals surface area contributed by atoms with Gasteiger partial charge in [0, 0.05) is 5.57 Å². The molecule has 0 aliphatic rings. The van der Waals surface area contributed by atoms with Crippen LogP contribution >= 0.6 is 0 Å². The van der Waals surface area contributed by atoms with Gasteiger partial charge in [0.05, 0.1) is 6.61 Å². The summed E-state index contributed by atoms with van der Waals surface area (Å²) in [6.07, 6.45) is 0.829. The van der Waals surface area contributed by atoms with E-state index < -0.39 is 25.2 Å². The minimum Gasteiger partial charge on any atom is -0.462 e. The number of carbonyl (C=O) groups is 1. The van der Waals surface area contributed by atoms with Gasteiger partial charge in [-0.05, 0) is 65.2 Å². The lowest BCUT2D eigenvalue weighted by atomic mass is 10.4. The Kier molecular flexibility index (Phi) is 12.7. The third-order valence-electron chi connectivity index (χ3n) is 2.58. The molecule has 0 bridgehead atoms. The van der Waals surface area contributed by atoms with Gasteiger partial charge in [-0.2, -0.15) is 0 Å². The molecule has 0 spiro atoms. The van der Waals surface area contributed by atoms with Crippen LogP contribution in [0.2, 0.25) is 51.9 Å². The average Bonchev–Trinajstić information content (AvgIpc) is 2.18. The molecular weight excluding hydrogens is 340 g/mol. The van der Waals surface area contributed by atoms with E-state index in [1.165, 1.54) is 0 Å². The zero-order valence-electron chi connectivity index (χ0n) is 15.0. The third-order valence-corrected chi connectivity index (χ3v) is 12.7. The van der Waals surface area contributed by atoms with Gasteiger partial charge in [0.2, 0.25) is 0 Å². The predicted molar refractivity (Wildman–Crippen MR) is 109 cm³/mol. The Morgan fingerprint density at radius 2 is 1.43 bits per heavy atom. The van der Waals surface area contributed by atoms with Gasteiger partial charge in [-0.1, -0.05) is 21.4 Å². The number of rotatable bonds is 9. The molecule has 0 aromatic rings. The Morgan fingerprint density at radius 1 is 0.957 bits per heavy atom. The second kappa shape index (κ2) is 10.6. The molecule has 0 aromatic heterocycles. The molecule has 0 rings (SSSR count). The van der Waals surface area contributed by atoms with E-state index in [1.54, 1.807) is 6.92 Å². The molecule has 140 valence electrons. The molecule has 0 aliphatic heterocycles. The molecule has 0 aliphatic carbocycles. The van der Waals surface area contributed by atoms with Crippen LogP contribution in [0.1, 0.15) is 28.2 Å². The van der Waals surface area contributed by atoms with Crippen LogP contribution in [0.25, 0.3) is 0 Å². The van der Waals surface area contributed by atoms with Gasteiger partial charge in [0.25, 0.3) is 0 Å². The Bertz CT molecular complexity index is 374. The van der Waals surface area contributed by atoms with Gasteiger partial charge in [-0.15, -0.1) is 0 Å². The van der Waals surface area contributed by atoms with Crippen molar-refractivity contribution in [1.29, 1.82) is 0 Å². The average molecular weight is 381 g/mol. The number of hydrogen-bond acceptors (Lipinski definition) is 4. The Labute approximate surface area is 148 Å². The molecule has 0 radical (unpaired) electrons. The summed E-state index contributed by atoms with van der Waals surface area (Å²) in [6, 6.07) is 0.960. The molecule has 0 saturated heterocycles. The Balaban J connectivity index is -0.00000200. The van der Waals surface area contributed by atoms with Gasteiger partial charge >= 0.3 is 14.5 Å². The van der Waals surface area contributed by atoms with E-state index in [4.69, 9.17) is 13.0 Å². The van der Waals surface area contributed by atoms with Crippen LogP contribution in [0.3, 0.4) is 0 Å². The van der Waals surface area contributed by atoms with Crippen LogP contribution in [0, 0.1) is 0 Å². The zero-order valence-corrected chi connectivity index (χ0v) is 18.0. The van der Waals surface area contributed by atoms with Crippen molar-refractivity contribution in [1.82, 2.24) is 0 Å². The van der Waals surface area contributed by atoms with Crippen molar-refractivity contribution in [3.05, 3.63) is 12.2 Å². The molecule has 4 nitrogen and oxygen atoms in total. The van der Waals surface area contributed by atoms with Gasteiger partial charge in [-0.3, -0.25) is 0 Å². The number of hydrogen-bond donors (Lipinski definition) is 0. The van der Waals surface area contributed by atoms with Crippen LogP contribution in [0.15, 0.2) is 12.2 Å². The summed E-state index contributed by atoms with van der Waals surface area (Å²) in [5.74, 6) is -0.313. The fraction of sp³-hybridized carbons (Fsp3) is 0.812. The molecule has 0 saturated carbocycles. The molecule has 0 atom stereocenters. The summed E-state index contributed by atoms with van der Waals surface area (Å²) in [6.45, 7) is 20.9. The van der Waals surface area contributed by atoms with Gasteiger partial charge < -0.3 is 13.0 Å². The minimum atomic E-state index is -2.07. The largest absolute Gasteiger partial charge is 0.462 e. The molecular formula is C16H40O4Si3. The van der Waals surface area contributed by atoms with Crippen molar-refractivity contribution < 1.29 is 17.8 Å². The van der Waals surface area contributed by atoms with Crippen LogP contribution in [-0.4, -0.2) is 37.8 Å². The van der Waals surface area contributed by atoms with E-state index in [0.717, 1.165) is 12.5 Å². The number of esters is 1. The fourth-order valence-corrected chi connectivity index (χ4v) is 15.4. The summed E-state index contributed by atoms with van der Waals surface area (Å²) in [5.41, 5.74) is 0.444. The smallest absolute Gasteiger partial charge is 0.333 e. The first-order valence-electron chi connectivity index (χ1n) is 7.47. The van der Waals surface area contributed by atoms with Crippen molar-refractivity contribution in [3.8, 4) is 0 Å². The van der Waals surface area contributed by atoms with Crippen LogP contribution in [0.5, 0.6) is 0 Å². The maximum atomic E-state index is 11.3. The lowest BCUT2D eigenvalue weighted by Gasteiger charge is -2.37. The molecule has 0 amide bonds. The fourth-order valence-electron chi connectivity index (χ4n) is 2.26. The molecule has 23 heavy (non-hydrogen) atoms. The monoisotopic (exact) mass is 380 g/mol. The van der Waals surface area contributed by atoms with Gasteiger partial charge in [0.1, 0.15) is 0 Å². The van der Waals surface area contributed by atoms with E-state index in [9.17, 15) is 4.79 Å². The first-order chi connectivity index (χ1) is 9.24. The highest BCUT2D eigenvalue weighted by atomic mass is 28.5. The summed E-state index contributed by atoms with van der Waals surface area (Å²) in [4.78, 5) is 11.3. The number of ether oxygens (including phenoxy) is 1. The second-order valence-corrected chi connectivity index (χ2v) is 20.2. The molecule has 0 fully saturated rings. The van der Waals surface area contributed by atoms with Crippen molar-refractivity contribution in [2.45, 2.75) is 80.1 Å². The summed E-state index contributed by atoms with van der Waals surface area (Å²) in [5, 5.41) is 0. The normalized spacial score (nSPS) is 12.0. The third kappa shape index (κ3) is 15.1. The SMILES string of the molecule is C.C.C=C(C)C(=O)OCCC[Si](C)(C)O[Si](C)(C)O[Si](C)(C)C. The van der Waals surface area contributed by atoms with E-state index in [0.29, 0.717) is 12.2 Å². The molecule has 7 heteroatoms. The minimum absolute atomic E-state index is 0. The highest BCUT2D eigenvalue weighted by Gasteiger charge is 2.37. The van der Waals surface area contributed by atoms with E-state index in [-0.39, 0.29) is 20.8 Å². The van der Waals surface area contributed by atoms with Gasteiger partial charge in [0.15, 0.2) is 16.6 Å². The summed E-state index contributed by atoms with van der Waals surface area (Å²) < 4.78 is 17.7. The first kappa shape index (κ1) is 27.6. The lowest BCUT2D eigenvalue weighted by molar-refractivity contribution is -0.138. The van der Waals surface area contributed by atoms with Gasteiger partial charge in [-0.25, -0.2) is 4.79 Å². The highest BCUT2D eigenvalue weighted by Crippen LogP contribution is 2.23. The lowest BCUT2D eigenvalue weighted by Crippen LogP contribution is -2.51. The maximum Gasteiger partial charge on any atom is 0.333 e. The standard InChI is InChI=1S/C14H32O4Si3.2CH4/c1-13(2)14(15)16-11-10-12-20(6,7)18-21(8,9)17-19(3,4)5;;/h1,10-12H2,2-9H3;2*1H4. The zero-order chi connectivity index (χ0) is 16.9. The van der Waals surface area contributed by atoms with Crippen LogP contribution in [-0.2, 0) is 17.8 Å². The molecule has 0 unspecified atom stereocenters. The van der Waals surface area contributed by atoms with E-state index >= 15 is 0 Å². The molecule has 0 heterocycles. The van der Waals surface area contributed by atoms with Crippen molar-refractivity contribution in [3.63, 3.8) is 0 Å². The van der Waals surface area contributed by atoms with E-state index in [1.807, 2.05) is 0 Å². The quantitative estimate of drug-likeness (QED) is 0.228. The Morgan fingerprint density at radius 3 is 1.83 bits per heavy atom.